The van der Waals surface area contributed by atoms with E-state index < -0.39 is 71.2 Å². The number of nitrogens with one attached hydrogen (secondary N) is 3. The van der Waals surface area contributed by atoms with Crippen LogP contribution in [0.4, 0.5) is 9.59 Å². The Bertz CT molecular complexity index is 3090. The Labute approximate surface area is 431 Å². The lowest BCUT2D eigenvalue weighted by molar-refractivity contribution is 0.0517. The number of carbonyl (C=O) groups is 3. The van der Waals surface area contributed by atoms with E-state index in [0.29, 0.717) is 28.4 Å². The molecule has 20 nitrogen and oxygen atoms in total. The normalized spacial score (nSPS) is 11.9. The number of tetrazole rings is 1. The molecule has 0 saturated heterocycles. The van der Waals surface area contributed by atoms with Gasteiger partial charge in [-0.3, -0.25) is 4.79 Å². The number of hydrogen-bond donors (Lipinski definition) is 3. The van der Waals surface area contributed by atoms with Crippen LogP contribution in [-0.2, 0) is 49.0 Å². The molecule has 74 heavy (non-hydrogen) atoms. The highest BCUT2D eigenvalue weighted by atomic mass is 32.2. The van der Waals surface area contributed by atoms with Gasteiger partial charge < -0.3 is 39.6 Å². The molecule has 22 heteroatoms. The maximum atomic E-state index is 16.2. The Morgan fingerprint density at radius 1 is 0.595 bits per heavy atom. The van der Waals surface area contributed by atoms with Gasteiger partial charge in [0.15, 0.2) is 9.84 Å². The van der Waals surface area contributed by atoms with Crippen LogP contribution in [0.3, 0.4) is 0 Å². The first-order valence-electron chi connectivity index (χ1n) is 23.4. The highest BCUT2D eigenvalue weighted by molar-refractivity contribution is 7.93. The molecular weight excluding hydrogens is 993 g/mol. The smallest absolute Gasteiger partial charge is 0.407 e. The van der Waals surface area contributed by atoms with Crippen molar-refractivity contribution in [1.82, 2.24) is 40.5 Å². The van der Waals surface area contributed by atoms with E-state index in [9.17, 15) is 22.8 Å². The van der Waals surface area contributed by atoms with Crippen molar-refractivity contribution in [3.63, 3.8) is 0 Å². The van der Waals surface area contributed by atoms with Crippen LogP contribution in [0.2, 0.25) is 0 Å². The van der Waals surface area contributed by atoms with Gasteiger partial charge in [-0.2, -0.15) is 9.10 Å². The average Bonchev–Trinajstić information content (AvgIpc) is 3.82. The minimum Gasteiger partial charge on any atom is -0.497 e. The minimum absolute atomic E-state index is 0.00521. The van der Waals surface area contributed by atoms with E-state index in [1.807, 2.05) is 0 Å². The van der Waals surface area contributed by atoms with Crippen molar-refractivity contribution in [2.24, 2.45) is 0 Å². The van der Waals surface area contributed by atoms with E-state index in [0.717, 1.165) is 15.9 Å². The molecule has 3 amide bonds. The number of ether oxygens (including phenoxy) is 5. The fourth-order valence-electron chi connectivity index (χ4n) is 7.42. The molecule has 1 aromatic heterocycles. The molecule has 6 aromatic rings. The van der Waals surface area contributed by atoms with E-state index in [1.54, 1.807) is 133 Å². The summed E-state index contributed by atoms with van der Waals surface area (Å²) < 4.78 is 90.1. The van der Waals surface area contributed by atoms with Crippen molar-refractivity contribution in [3.05, 3.63) is 131 Å². The van der Waals surface area contributed by atoms with Gasteiger partial charge in [0.05, 0.1) is 44.1 Å². The fraction of sp³-hybridized carbons (Fsp3) is 0.346. The van der Waals surface area contributed by atoms with Crippen molar-refractivity contribution in [2.45, 2.75) is 82.2 Å². The Morgan fingerprint density at radius 3 is 1.59 bits per heavy atom. The zero-order valence-corrected chi connectivity index (χ0v) is 44.4. The Balaban J connectivity index is 1.58. The van der Waals surface area contributed by atoms with Gasteiger partial charge in [-0.25, -0.2) is 26.4 Å². The summed E-state index contributed by atoms with van der Waals surface area (Å²) in [7, 11) is -5.19. The van der Waals surface area contributed by atoms with Crippen LogP contribution in [-0.4, -0.2) is 117 Å². The van der Waals surface area contributed by atoms with Crippen LogP contribution in [0.15, 0.2) is 119 Å². The Hall–Kier alpha value is -7.56. The molecule has 0 radical (unpaired) electrons. The number of sulfonamides is 1. The summed E-state index contributed by atoms with van der Waals surface area (Å²) >= 11 is 0. The number of nitrogens with zero attached hydrogens (tertiary/aromatic N) is 5. The highest BCUT2D eigenvalue weighted by Gasteiger charge is 2.38. The largest absolute Gasteiger partial charge is 0.497 e. The van der Waals surface area contributed by atoms with Crippen molar-refractivity contribution in [1.29, 1.82) is 0 Å². The lowest BCUT2D eigenvalue weighted by Gasteiger charge is -2.26. The summed E-state index contributed by atoms with van der Waals surface area (Å²) in [6.45, 7) is 9.16. The lowest BCUT2D eigenvalue weighted by Crippen LogP contribution is -2.38. The molecule has 1 heterocycles. The second kappa shape index (κ2) is 24.0. The van der Waals surface area contributed by atoms with E-state index in [-0.39, 0.29) is 60.8 Å². The molecule has 0 aliphatic heterocycles. The van der Waals surface area contributed by atoms with Crippen molar-refractivity contribution >= 4 is 38.0 Å². The number of carbonyl (C=O) groups excluding carboxylic acids is 3. The number of hydrogen-bond acceptors (Lipinski definition) is 15. The van der Waals surface area contributed by atoms with E-state index in [4.69, 9.17) is 28.8 Å². The van der Waals surface area contributed by atoms with Crippen molar-refractivity contribution < 1.29 is 54.9 Å². The number of methoxy groups -OCH3 is 3. The van der Waals surface area contributed by atoms with Crippen molar-refractivity contribution in [2.75, 3.05) is 46.7 Å². The summed E-state index contributed by atoms with van der Waals surface area (Å²) in [5.74, 6) is -0.0147. The van der Waals surface area contributed by atoms with Crippen LogP contribution in [0.5, 0.6) is 17.2 Å². The quantitative estimate of drug-likeness (QED) is 0.0613. The molecule has 0 fully saturated rings. The molecule has 0 spiro atoms. The number of rotatable bonds is 21. The van der Waals surface area contributed by atoms with Gasteiger partial charge in [0.25, 0.3) is 5.91 Å². The van der Waals surface area contributed by atoms with E-state index in [1.165, 1.54) is 38.3 Å². The SMILES string of the molecule is COc1ccc(CN(Cc2ccc(OC)cc2)S(=O)(=O)c2c(S(=O)(=O)CCNC(=O)OC(C)(C)C)ccc(-c3ccccc3C(=O)NCCNC(=O)OC(C)(C)C)c2-c2nnn(Cc3ccc(OC)cc3)n2)cc1. The third kappa shape index (κ3) is 15.0. The maximum absolute atomic E-state index is 16.2. The molecule has 5 aromatic carbocycles. The fourth-order valence-corrected chi connectivity index (χ4v) is 11.0. The predicted octanol–water partition coefficient (Wildman–Crippen LogP) is 7.03. The summed E-state index contributed by atoms with van der Waals surface area (Å²) in [5, 5.41) is 21.2. The number of alkyl carbamates (subject to hydrolysis) is 2. The van der Waals surface area contributed by atoms with Gasteiger partial charge in [-0.15, -0.1) is 10.2 Å². The lowest BCUT2D eigenvalue weighted by atomic mass is 9.94. The minimum atomic E-state index is -5.05. The average molecular weight is 1060 g/mol. The summed E-state index contributed by atoms with van der Waals surface area (Å²) in [6.07, 6.45) is -1.56. The van der Waals surface area contributed by atoms with Gasteiger partial charge >= 0.3 is 12.2 Å². The molecule has 0 unspecified atom stereocenters. The molecule has 3 N–H and O–H groups in total. The zero-order chi connectivity index (χ0) is 53.8. The number of aromatic nitrogens is 4. The third-order valence-corrected chi connectivity index (χ3v) is 14.6. The molecule has 0 saturated carbocycles. The second-order valence-corrected chi connectivity index (χ2v) is 22.7. The van der Waals surface area contributed by atoms with E-state index >= 15 is 8.42 Å². The monoisotopic (exact) mass is 1050 g/mol. The summed E-state index contributed by atoms with van der Waals surface area (Å²) in [6, 6.07) is 29.4. The maximum Gasteiger partial charge on any atom is 0.407 e. The number of sulfone groups is 1. The van der Waals surface area contributed by atoms with E-state index in [2.05, 4.69) is 26.3 Å². The molecule has 0 bridgehead atoms. The molecular formula is C52H62N8O12S2. The van der Waals surface area contributed by atoms with Gasteiger partial charge in [0.1, 0.15) is 33.3 Å². The van der Waals surface area contributed by atoms with Gasteiger partial charge in [-0.1, -0.05) is 60.7 Å². The molecule has 0 atom stereocenters. The summed E-state index contributed by atoms with van der Waals surface area (Å²) in [4.78, 5) is 39.2. The first kappa shape index (κ1) is 55.7. The van der Waals surface area contributed by atoms with Crippen LogP contribution in [0, 0.1) is 0 Å². The van der Waals surface area contributed by atoms with Crippen molar-refractivity contribution in [3.8, 4) is 39.8 Å². The second-order valence-electron chi connectivity index (χ2n) is 18.8. The van der Waals surface area contributed by atoms with Gasteiger partial charge in [0.2, 0.25) is 15.8 Å². The van der Waals surface area contributed by atoms with Gasteiger partial charge in [0, 0.05) is 38.3 Å². The predicted molar refractivity (Wildman–Crippen MR) is 276 cm³/mol. The highest BCUT2D eigenvalue weighted by Crippen LogP contribution is 2.42. The molecule has 0 aliphatic rings. The molecule has 0 aliphatic carbocycles. The topological polar surface area (TPSA) is 249 Å². The third-order valence-electron chi connectivity index (χ3n) is 10.8. The standard InChI is InChI=1S/C52H62N8O12S2/c1-51(2,3)71-49(62)54-29-28-53-48(61)43-13-11-10-12-41(43)42-26-27-44(73(64,65)31-30-55-50(63)72-52(4,5)6)46(45(42)47-56-58-60(57-47)34-37-18-24-40(70-9)25-19-37)74(66,67)59(32-35-14-20-38(68-7)21-15-35)33-36-16-22-39(69-8)23-17-36/h10-27H,28-34H2,1-9H3,(H,53,61)(H,54,62)(H,55,63). The first-order valence-corrected chi connectivity index (χ1v) is 26.5. The number of amides is 3. The van der Waals surface area contributed by atoms with Gasteiger partial charge in [-0.05, 0) is 123 Å². The Morgan fingerprint density at radius 2 is 1.08 bits per heavy atom. The number of benzene rings is 5. The van der Waals surface area contributed by atoms with Crippen LogP contribution in [0.1, 0.15) is 68.6 Å². The molecule has 6 rings (SSSR count). The van der Waals surface area contributed by atoms with Crippen LogP contribution < -0.4 is 30.2 Å². The van der Waals surface area contributed by atoms with Crippen LogP contribution >= 0.6 is 0 Å². The molecule has 394 valence electrons. The Kier molecular flexibility index (Phi) is 18.1. The zero-order valence-electron chi connectivity index (χ0n) is 42.8. The van der Waals surface area contributed by atoms with Crippen LogP contribution in [0.25, 0.3) is 22.5 Å². The first-order chi connectivity index (χ1) is 35.0. The summed E-state index contributed by atoms with van der Waals surface area (Å²) in [5.41, 5.74) is 0.148.